The molecule has 1 N–H and O–H groups in total. The van der Waals surface area contributed by atoms with E-state index in [1.807, 2.05) is 11.0 Å². The van der Waals surface area contributed by atoms with Gasteiger partial charge in [0.1, 0.15) is 23.1 Å². The van der Waals surface area contributed by atoms with Crippen molar-refractivity contribution in [1.29, 1.82) is 5.26 Å². The maximum absolute atomic E-state index is 12.4. The molecule has 128 valence electrons. The second-order valence-corrected chi connectivity index (χ2v) is 5.92. The number of hydrogen-bond donors (Lipinski definition) is 1. The topological polar surface area (TPSA) is 74.6 Å². The van der Waals surface area contributed by atoms with Crippen LogP contribution in [0.1, 0.15) is 19.8 Å². The second kappa shape index (κ2) is 8.25. The molecule has 1 aromatic rings. The summed E-state index contributed by atoms with van der Waals surface area (Å²) in [7, 11) is 3.07. The molecule has 2 rings (SSSR count). The molecule has 0 aromatic heterocycles. The number of nitrogens with one attached hydrogen (secondary N) is 1. The van der Waals surface area contributed by atoms with Crippen LogP contribution in [0.2, 0.25) is 0 Å². The zero-order valence-corrected chi connectivity index (χ0v) is 14.3. The van der Waals surface area contributed by atoms with Gasteiger partial charge in [-0.05, 0) is 30.9 Å². The summed E-state index contributed by atoms with van der Waals surface area (Å²) in [6, 6.07) is 7.09. The molecule has 0 radical (unpaired) electrons. The molecule has 1 aliphatic heterocycles. The average molecular weight is 329 g/mol. The highest BCUT2D eigenvalue weighted by Gasteiger charge is 2.18. The van der Waals surface area contributed by atoms with E-state index in [0.717, 1.165) is 19.5 Å². The first-order valence-electron chi connectivity index (χ1n) is 7.96. The Hall–Kier alpha value is -2.68. The Labute approximate surface area is 142 Å². The molecule has 6 heteroatoms. The van der Waals surface area contributed by atoms with E-state index in [1.54, 1.807) is 31.5 Å². The van der Waals surface area contributed by atoms with Crippen molar-refractivity contribution >= 4 is 11.6 Å². The number of likely N-dealkylation sites (tertiary alicyclic amines) is 1. The molecule has 1 fully saturated rings. The van der Waals surface area contributed by atoms with Crippen molar-refractivity contribution in [2.24, 2.45) is 5.92 Å². The highest BCUT2D eigenvalue weighted by Crippen LogP contribution is 2.29. The quantitative estimate of drug-likeness (QED) is 0.664. The van der Waals surface area contributed by atoms with Gasteiger partial charge < -0.3 is 19.7 Å². The number of carbonyl (C=O) groups excluding carboxylic acids is 1. The minimum atomic E-state index is -0.456. The zero-order chi connectivity index (χ0) is 17.5. The van der Waals surface area contributed by atoms with Crippen LogP contribution in [0.15, 0.2) is 30.0 Å². The third-order valence-electron chi connectivity index (χ3n) is 4.02. The van der Waals surface area contributed by atoms with Crippen molar-refractivity contribution in [2.75, 3.05) is 32.6 Å². The Balaban J connectivity index is 2.16. The monoisotopic (exact) mass is 329 g/mol. The maximum Gasteiger partial charge on any atom is 0.267 e. The van der Waals surface area contributed by atoms with E-state index < -0.39 is 5.91 Å². The van der Waals surface area contributed by atoms with Crippen molar-refractivity contribution in [1.82, 2.24) is 4.90 Å². The van der Waals surface area contributed by atoms with Crippen LogP contribution in [0.4, 0.5) is 5.69 Å². The predicted molar refractivity (Wildman–Crippen MR) is 91.8 cm³/mol. The van der Waals surface area contributed by atoms with Gasteiger partial charge in [-0.2, -0.15) is 5.26 Å². The molecule has 0 bridgehead atoms. The van der Waals surface area contributed by atoms with Crippen molar-refractivity contribution in [3.8, 4) is 17.6 Å². The van der Waals surface area contributed by atoms with Gasteiger partial charge in [-0.15, -0.1) is 0 Å². The Bertz CT molecular complexity index is 664. The van der Waals surface area contributed by atoms with Crippen LogP contribution in [0, 0.1) is 17.2 Å². The lowest BCUT2D eigenvalue weighted by molar-refractivity contribution is -0.112. The van der Waals surface area contributed by atoms with E-state index in [0.29, 0.717) is 23.1 Å². The van der Waals surface area contributed by atoms with Crippen molar-refractivity contribution < 1.29 is 14.3 Å². The lowest BCUT2D eigenvalue weighted by Crippen LogP contribution is -2.31. The number of benzene rings is 1. The number of amides is 1. The smallest absolute Gasteiger partial charge is 0.267 e. The number of nitrogens with zero attached hydrogens (tertiary/aromatic N) is 2. The SMILES string of the molecule is COc1ccc(OC)c(NC(=O)/C(C#N)=C\N2CCCC(C)C2)c1. The van der Waals surface area contributed by atoms with Gasteiger partial charge in [-0.25, -0.2) is 0 Å². The van der Waals surface area contributed by atoms with Gasteiger partial charge in [0.2, 0.25) is 0 Å². The van der Waals surface area contributed by atoms with Crippen LogP contribution in [0.3, 0.4) is 0 Å². The largest absolute Gasteiger partial charge is 0.497 e. The molecule has 1 aromatic carbocycles. The number of anilines is 1. The molecule has 0 saturated carbocycles. The fraction of sp³-hybridized carbons (Fsp3) is 0.444. The standard InChI is InChI=1S/C18H23N3O3/c1-13-5-4-8-21(11-13)12-14(10-19)18(22)20-16-9-15(23-2)6-7-17(16)24-3/h6-7,9,12-13H,4-5,8,11H2,1-3H3,(H,20,22)/b14-12-. The number of methoxy groups -OCH3 is 2. The Morgan fingerprint density at radius 3 is 2.83 bits per heavy atom. The van der Waals surface area contributed by atoms with Gasteiger partial charge in [0.25, 0.3) is 5.91 Å². The van der Waals surface area contributed by atoms with E-state index in [2.05, 4.69) is 12.2 Å². The first-order chi connectivity index (χ1) is 11.6. The average Bonchev–Trinajstić information content (AvgIpc) is 2.59. The molecule has 1 atom stereocenters. The van der Waals surface area contributed by atoms with E-state index >= 15 is 0 Å². The minimum absolute atomic E-state index is 0.0778. The van der Waals surface area contributed by atoms with E-state index in [4.69, 9.17) is 9.47 Å². The lowest BCUT2D eigenvalue weighted by Gasteiger charge is -2.29. The molecule has 0 spiro atoms. The summed E-state index contributed by atoms with van der Waals surface area (Å²) in [6.45, 7) is 3.90. The van der Waals surface area contributed by atoms with E-state index in [1.165, 1.54) is 13.5 Å². The van der Waals surface area contributed by atoms with Crippen LogP contribution in [-0.2, 0) is 4.79 Å². The Kier molecular flexibility index (Phi) is 6.07. The van der Waals surface area contributed by atoms with E-state index in [9.17, 15) is 10.1 Å². The van der Waals surface area contributed by atoms with Crippen molar-refractivity contribution in [3.05, 3.63) is 30.0 Å². The number of hydrogen-bond acceptors (Lipinski definition) is 5. The van der Waals surface area contributed by atoms with Gasteiger partial charge in [0, 0.05) is 25.4 Å². The fourth-order valence-electron chi connectivity index (χ4n) is 2.77. The minimum Gasteiger partial charge on any atom is -0.497 e. The summed E-state index contributed by atoms with van der Waals surface area (Å²) in [5.41, 5.74) is 0.545. The summed E-state index contributed by atoms with van der Waals surface area (Å²) >= 11 is 0. The summed E-state index contributed by atoms with van der Waals surface area (Å²) in [6.07, 6.45) is 3.90. The van der Waals surface area contributed by atoms with Crippen LogP contribution in [0.25, 0.3) is 0 Å². The van der Waals surface area contributed by atoms with Gasteiger partial charge >= 0.3 is 0 Å². The molecule has 1 amide bonds. The van der Waals surface area contributed by atoms with Gasteiger partial charge in [-0.3, -0.25) is 4.79 Å². The lowest BCUT2D eigenvalue weighted by atomic mass is 10.0. The molecule has 24 heavy (non-hydrogen) atoms. The van der Waals surface area contributed by atoms with Crippen LogP contribution in [0.5, 0.6) is 11.5 Å². The van der Waals surface area contributed by atoms with Crippen LogP contribution >= 0.6 is 0 Å². The van der Waals surface area contributed by atoms with Crippen LogP contribution < -0.4 is 14.8 Å². The van der Waals surface area contributed by atoms with Crippen molar-refractivity contribution in [2.45, 2.75) is 19.8 Å². The first-order valence-corrected chi connectivity index (χ1v) is 7.96. The number of carbonyl (C=O) groups is 1. The summed E-state index contributed by atoms with van der Waals surface area (Å²) in [5.74, 6) is 1.21. The van der Waals surface area contributed by atoms with Crippen LogP contribution in [-0.4, -0.2) is 38.1 Å². The molecule has 1 aliphatic rings. The molecule has 1 saturated heterocycles. The molecule has 0 aliphatic carbocycles. The third-order valence-corrected chi connectivity index (χ3v) is 4.02. The van der Waals surface area contributed by atoms with Gasteiger partial charge in [0.05, 0.1) is 19.9 Å². The molecule has 6 nitrogen and oxygen atoms in total. The third kappa shape index (κ3) is 4.42. The Morgan fingerprint density at radius 2 is 2.21 bits per heavy atom. The predicted octanol–water partition coefficient (Wildman–Crippen LogP) is 2.78. The summed E-state index contributed by atoms with van der Waals surface area (Å²) < 4.78 is 10.4. The number of rotatable bonds is 5. The molecule has 1 unspecified atom stereocenters. The van der Waals surface area contributed by atoms with Gasteiger partial charge in [-0.1, -0.05) is 6.92 Å². The first kappa shape index (κ1) is 17.7. The second-order valence-electron chi connectivity index (χ2n) is 5.92. The fourth-order valence-corrected chi connectivity index (χ4v) is 2.77. The Morgan fingerprint density at radius 1 is 1.42 bits per heavy atom. The number of nitriles is 1. The van der Waals surface area contributed by atoms with Gasteiger partial charge in [0.15, 0.2) is 0 Å². The van der Waals surface area contributed by atoms with E-state index in [-0.39, 0.29) is 5.57 Å². The highest BCUT2D eigenvalue weighted by atomic mass is 16.5. The maximum atomic E-state index is 12.4. The summed E-state index contributed by atoms with van der Waals surface area (Å²) in [4.78, 5) is 14.5. The van der Waals surface area contributed by atoms with Crippen molar-refractivity contribution in [3.63, 3.8) is 0 Å². The number of piperidine rings is 1. The number of ether oxygens (including phenoxy) is 2. The molecular formula is C18H23N3O3. The normalized spacial score (nSPS) is 17.8. The zero-order valence-electron chi connectivity index (χ0n) is 14.3. The molecule has 1 heterocycles. The highest BCUT2D eigenvalue weighted by molar-refractivity contribution is 6.07. The molecular weight excluding hydrogens is 306 g/mol. The summed E-state index contributed by atoms with van der Waals surface area (Å²) in [5, 5.41) is 12.1.